The van der Waals surface area contributed by atoms with Crippen molar-refractivity contribution in [2.24, 2.45) is 0 Å². The number of carbonyl (C=O) groups is 2. The molecule has 32 heavy (non-hydrogen) atoms. The molecule has 2 amide bonds. The van der Waals surface area contributed by atoms with Gasteiger partial charge in [-0.3, -0.25) is 4.79 Å². The molecule has 1 aliphatic heterocycles. The van der Waals surface area contributed by atoms with Crippen molar-refractivity contribution in [2.45, 2.75) is 45.8 Å². The average molecular weight is 436 g/mol. The Bertz CT molecular complexity index is 1180. The molecule has 1 atom stereocenters. The number of aromatic amines is 1. The van der Waals surface area contributed by atoms with Gasteiger partial charge in [-0.15, -0.1) is 0 Å². The van der Waals surface area contributed by atoms with Crippen molar-refractivity contribution in [3.8, 4) is 5.75 Å². The molecule has 7 heteroatoms. The Morgan fingerprint density at radius 2 is 2.00 bits per heavy atom. The van der Waals surface area contributed by atoms with Crippen LogP contribution in [0.1, 0.15) is 49.2 Å². The first-order valence-electron chi connectivity index (χ1n) is 10.8. The highest BCUT2D eigenvalue weighted by Crippen LogP contribution is 2.39. The highest BCUT2D eigenvalue weighted by atomic mass is 16.6. The van der Waals surface area contributed by atoms with E-state index in [1.54, 1.807) is 43.9 Å². The van der Waals surface area contributed by atoms with Gasteiger partial charge in [0.2, 0.25) is 5.91 Å². The summed E-state index contributed by atoms with van der Waals surface area (Å²) in [6, 6.07) is 12.8. The number of ether oxygens (including phenoxy) is 1. The maximum Gasteiger partial charge on any atom is 0.408 e. The van der Waals surface area contributed by atoms with Gasteiger partial charge in [-0.2, -0.15) is 0 Å². The van der Waals surface area contributed by atoms with Crippen LogP contribution in [0.2, 0.25) is 0 Å². The molecule has 168 valence electrons. The van der Waals surface area contributed by atoms with Crippen molar-refractivity contribution in [1.29, 1.82) is 0 Å². The van der Waals surface area contributed by atoms with E-state index in [1.165, 1.54) is 11.1 Å². The lowest BCUT2D eigenvalue weighted by atomic mass is 9.92. The highest BCUT2D eigenvalue weighted by molar-refractivity contribution is 5.88. The molecule has 0 aliphatic carbocycles. The summed E-state index contributed by atoms with van der Waals surface area (Å²) in [5.74, 6) is -0.0782. The van der Waals surface area contributed by atoms with Crippen LogP contribution in [0.15, 0.2) is 42.5 Å². The minimum Gasteiger partial charge on any atom is -0.508 e. The summed E-state index contributed by atoms with van der Waals surface area (Å²) < 4.78 is 5.25. The van der Waals surface area contributed by atoms with E-state index >= 15 is 0 Å². The third-order valence-electron chi connectivity index (χ3n) is 5.57. The van der Waals surface area contributed by atoms with Gasteiger partial charge in [0.05, 0.1) is 6.04 Å². The number of fused-ring (bicyclic) bond motifs is 3. The summed E-state index contributed by atoms with van der Waals surface area (Å²) in [5.41, 5.74) is 4.48. The number of amides is 2. The zero-order valence-corrected chi connectivity index (χ0v) is 18.9. The van der Waals surface area contributed by atoms with Crippen molar-refractivity contribution in [3.63, 3.8) is 0 Å². The number of benzene rings is 2. The van der Waals surface area contributed by atoms with E-state index in [9.17, 15) is 14.7 Å². The predicted octanol–water partition coefficient (Wildman–Crippen LogP) is 4.18. The summed E-state index contributed by atoms with van der Waals surface area (Å²) in [6.07, 6.45) is 0.0743. The second-order valence-corrected chi connectivity index (χ2v) is 9.26. The quantitative estimate of drug-likeness (QED) is 0.575. The van der Waals surface area contributed by atoms with Gasteiger partial charge in [0.25, 0.3) is 0 Å². The van der Waals surface area contributed by atoms with Crippen LogP contribution in [-0.4, -0.2) is 45.7 Å². The average Bonchev–Trinajstić information content (AvgIpc) is 3.08. The van der Waals surface area contributed by atoms with Crippen LogP contribution < -0.4 is 5.32 Å². The topological polar surface area (TPSA) is 94.7 Å². The number of hydrogen-bond acceptors (Lipinski definition) is 4. The molecule has 4 rings (SSSR count). The summed E-state index contributed by atoms with van der Waals surface area (Å²) in [5, 5.41) is 13.8. The van der Waals surface area contributed by atoms with E-state index in [0.717, 1.165) is 22.2 Å². The SMILES string of the molecule is Cc1ccc2[nH]c3c(c2c1)CCN(C(=O)CNC(=O)OC(C)(C)C)C3c1cccc(O)c1. The molecule has 3 N–H and O–H groups in total. The van der Waals surface area contributed by atoms with Gasteiger partial charge in [-0.1, -0.05) is 23.8 Å². The molecule has 0 radical (unpaired) electrons. The first kappa shape index (κ1) is 21.7. The second-order valence-electron chi connectivity index (χ2n) is 9.26. The molecule has 0 spiro atoms. The number of hydrogen-bond donors (Lipinski definition) is 3. The molecule has 2 aromatic carbocycles. The molecule has 2 heterocycles. The van der Waals surface area contributed by atoms with Crippen molar-refractivity contribution in [3.05, 3.63) is 64.8 Å². The van der Waals surface area contributed by atoms with Crippen LogP contribution in [0.25, 0.3) is 10.9 Å². The van der Waals surface area contributed by atoms with E-state index in [4.69, 9.17) is 4.74 Å². The van der Waals surface area contributed by atoms with Crippen molar-refractivity contribution >= 4 is 22.9 Å². The standard InChI is InChI=1S/C25H29N3O4/c1-15-8-9-20-19(12-15)18-10-11-28(21(30)14-26-24(31)32-25(2,3)4)23(22(18)27-20)16-6-5-7-17(29)13-16/h5-9,12-13,23,27,29H,10-11,14H2,1-4H3,(H,26,31). The lowest BCUT2D eigenvalue weighted by Crippen LogP contribution is -2.46. The lowest BCUT2D eigenvalue weighted by molar-refractivity contribution is -0.132. The van der Waals surface area contributed by atoms with Crippen LogP contribution in [0.3, 0.4) is 0 Å². The van der Waals surface area contributed by atoms with Gasteiger partial charge >= 0.3 is 6.09 Å². The van der Waals surface area contributed by atoms with Crippen molar-refractivity contribution in [1.82, 2.24) is 15.2 Å². The van der Waals surface area contributed by atoms with Gasteiger partial charge < -0.3 is 25.0 Å². The lowest BCUT2D eigenvalue weighted by Gasteiger charge is -2.36. The summed E-state index contributed by atoms with van der Waals surface area (Å²) in [4.78, 5) is 30.5. The summed E-state index contributed by atoms with van der Waals surface area (Å²) in [6.45, 7) is 7.72. The molecule has 1 aliphatic rings. The first-order chi connectivity index (χ1) is 15.1. The number of aromatic nitrogens is 1. The number of phenolic OH excluding ortho intramolecular Hbond substituents is 1. The van der Waals surface area contributed by atoms with Crippen LogP contribution in [0.5, 0.6) is 5.75 Å². The van der Waals surface area contributed by atoms with Crippen LogP contribution in [-0.2, 0) is 16.0 Å². The fraction of sp³-hybridized carbons (Fsp3) is 0.360. The molecule has 7 nitrogen and oxygen atoms in total. The minimum atomic E-state index is -0.639. The first-order valence-corrected chi connectivity index (χ1v) is 10.8. The normalized spacial score (nSPS) is 16.0. The third kappa shape index (κ3) is 4.42. The number of aryl methyl sites for hydroxylation is 1. The van der Waals surface area contributed by atoms with E-state index in [1.807, 2.05) is 6.07 Å². The Morgan fingerprint density at radius 1 is 1.22 bits per heavy atom. The number of H-pyrrole nitrogens is 1. The maximum absolute atomic E-state index is 13.2. The Labute approximate surface area is 187 Å². The van der Waals surface area contributed by atoms with Gasteiger partial charge in [-0.05, 0) is 69.5 Å². The number of phenols is 1. The fourth-order valence-corrected chi connectivity index (χ4v) is 4.28. The number of aromatic hydroxyl groups is 1. The molecular formula is C25H29N3O4. The Kier molecular flexibility index (Phi) is 5.59. The number of nitrogens with one attached hydrogen (secondary N) is 2. The zero-order chi connectivity index (χ0) is 23.0. The van der Waals surface area contributed by atoms with Crippen molar-refractivity contribution in [2.75, 3.05) is 13.1 Å². The number of carbonyl (C=O) groups excluding carboxylic acids is 2. The molecule has 1 aromatic heterocycles. The maximum atomic E-state index is 13.2. The Balaban J connectivity index is 1.67. The number of alkyl carbamates (subject to hydrolysis) is 1. The van der Waals surface area contributed by atoms with E-state index < -0.39 is 17.7 Å². The van der Waals surface area contributed by atoms with Crippen LogP contribution in [0, 0.1) is 6.92 Å². The number of rotatable bonds is 3. The molecule has 0 saturated carbocycles. The van der Waals surface area contributed by atoms with E-state index in [2.05, 4.69) is 35.4 Å². The van der Waals surface area contributed by atoms with Gasteiger partial charge in [0, 0.05) is 23.1 Å². The summed E-state index contributed by atoms with van der Waals surface area (Å²) >= 11 is 0. The summed E-state index contributed by atoms with van der Waals surface area (Å²) in [7, 11) is 0. The fourth-order valence-electron chi connectivity index (χ4n) is 4.28. The molecule has 0 saturated heterocycles. The monoisotopic (exact) mass is 435 g/mol. The largest absolute Gasteiger partial charge is 0.508 e. The van der Waals surface area contributed by atoms with E-state index in [-0.39, 0.29) is 18.2 Å². The van der Waals surface area contributed by atoms with Crippen LogP contribution >= 0.6 is 0 Å². The molecule has 3 aromatic rings. The molecule has 0 bridgehead atoms. The molecule has 0 fully saturated rings. The Morgan fingerprint density at radius 3 is 2.72 bits per heavy atom. The smallest absolute Gasteiger partial charge is 0.408 e. The minimum absolute atomic E-state index is 0.140. The van der Waals surface area contributed by atoms with Gasteiger partial charge in [0.1, 0.15) is 17.9 Å². The van der Waals surface area contributed by atoms with Crippen molar-refractivity contribution < 1.29 is 19.4 Å². The van der Waals surface area contributed by atoms with Crippen LogP contribution in [0.4, 0.5) is 4.79 Å². The van der Waals surface area contributed by atoms with E-state index in [0.29, 0.717) is 13.0 Å². The second kappa shape index (κ2) is 8.22. The third-order valence-corrected chi connectivity index (χ3v) is 5.57. The molecular weight excluding hydrogens is 406 g/mol. The molecule has 1 unspecified atom stereocenters. The highest BCUT2D eigenvalue weighted by Gasteiger charge is 2.34. The number of nitrogens with zero attached hydrogens (tertiary/aromatic N) is 1. The zero-order valence-electron chi connectivity index (χ0n) is 18.9. The van der Waals surface area contributed by atoms with Gasteiger partial charge in [-0.25, -0.2) is 4.79 Å². The Hall–Kier alpha value is -3.48. The predicted molar refractivity (Wildman–Crippen MR) is 123 cm³/mol. The van der Waals surface area contributed by atoms with Gasteiger partial charge in [0.15, 0.2) is 0 Å².